The normalized spacial score (nSPS) is 10.8. The molecule has 0 N–H and O–H groups in total. The standard InChI is InChI=1S/C23H20O5/c1-3-27-23(25)18-6-4-17(5-7-18)22-15-13-20(28-22)12-14-21(24)16-8-10-19(26-2)11-9-16/h4-15H,3H2,1-2H3. The first-order valence-corrected chi connectivity index (χ1v) is 8.84. The van der Waals surface area contributed by atoms with Crippen LogP contribution in [-0.4, -0.2) is 25.5 Å². The van der Waals surface area contributed by atoms with Gasteiger partial charge in [-0.05, 0) is 67.6 Å². The maximum absolute atomic E-state index is 12.2. The summed E-state index contributed by atoms with van der Waals surface area (Å²) in [6, 6.07) is 17.5. The molecule has 0 aliphatic rings. The Hall–Kier alpha value is -3.60. The van der Waals surface area contributed by atoms with Gasteiger partial charge in [0.1, 0.15) is 17.3 Å². The van der Waals surface area contributed by atoms with Crippen LogP contribution in [0.1, 0.15) is 33.4 Å². The number of ether oxygens (including phenoxy) is 2. The molecule has 3 aromatic rings. The van der Waals surface area contributed by atoms with Crippen molar-refractivity contribution in [3.8, 4) is 17.1 Å². The summed E-state index contributed by atoms with van der Waals surface area (Å²) in [4.78, 5) is 23.9. The number of rotatable bonds is 7. The minimum Gasteiger partial charge on any atom is -0.497 e. The van der Waals surface area contributed by atoms with Gasteiger partial charge in [0.25, 0.3) is 0 Å². The summed E-state index contributed by atoms with van der Waals surface area (Å²) in [7, 11) is 1.58. The Kier molecular flexibility index (Phi) is 6.07. The van der Waals surface area contributed by atoms with Gasteiger partial charge in [-0.25, -0.2) is 4.79 Å². The number of carbonyl (C=O) groups is 2. The molecule has 3 rings (SSSR count). The van der Waals surface area contributed by atoms with Gasteiger partial charge in [-0.1, -0.05) is 12.1 Å². The van der Waals surface area contributed by atoms with Gasteiger partial charge < -0.3 is 13.9 Å². The molecule has 5 nitrogen and oxygen atoms in total. The summed E-state index contributed by atoms with van der Waals surface area (Å²) in [6.07, 6.45) is 3.09. The molecule has 28 heavy (non-hydrogen) atoms. The summed E-state index contributed by atoms with van der Waals surface area (Å²) < 4.78 is 15.8. The van der Waals surface area contributed by atoms with Gasteiger partial charge >= 0.3 is 5.97 Å². The van der Waals surface area contributed by atoms with Gasteiger partial charge in [0.05, 0.1) is 19.3 Å². The van der Waals surface area contributed by atoms with Crippen molar-refractivity contribution in [1.29, 1.82) is 0 Å². The zero-order valence-corrected chi connectivity index (χ0v) is 15.7. The topological polar surface area (TPSA) is 65.7 Å². The Morgan fingerprint density at radius 2 is 1.61 bits per heavy atom. The lowest BCUT2D eigenvalue weighted by Gasteiger charge is -2.02. The molecule has 0 saturated heterocycles. The van der Waals surface area contributed by atoms with Crippen molar-refractivity contribution < 1.29 is 23.5 Å². The summed E-state index contributed by atoms with van der Waals surface area (Å²) in [5.74, 6) is 1.43. The van der Waals surface area contributed by atoms with Crippen LogP contribution in [0.5, 0.6) is 5.75 Å². The summed E-state index contributed by atoms with van der Waals surface area (Å²) in [5, 5.41) is 0. The number of carbonyl (C=O) groups excluding carboxylic acids is 2. The highest BCUT2D eigenvalue weighted by molar-refractivity contribution is 6.06. The van der Waals surface area contributed by atoms with Crippen LogP contribution in [0, 0.1) is 0 Å². The van der Waals surface area contributed by atoms with Crippen molar-refractivity contribution >= 4 is 17.8 Å². The third kappa shape index (κ3) is 4.57. The van der Waals surface area contributed by atoms with Crippen LogP contribution in [0.4, 0.5) is 0 Å². The van der Waals surface area contributed by atoms with Crippen molar-refractivity contribution in [3.05, 3.63) is 83.6 Å². The fraction of sp³-hybridized carbons (Fsp3) is 0.130. The molecule has 0 fully saturated rings. The Morgan fingerprint density at radius 3 is 2.25 bits per heavy atom. The SMILES string of the molecule is CCOC(=O)c1ccc(-c2ccc(C=CC(=O)c3ccc(OC)cc3)o2)cc1. The van der Waals surface area contributed by atoms with Gasteiger partial charge in [-0.2, -0.15) is 0 Å². The van der Waals surface area contributed by atoms with Crippen molar-refractivity contribution in [1.82, 2.24) is 0 Å². The number of hydrogen-bond donors (Lipinski definition) is 0. The van der Waals surface area contributed by atoms with Gasteiger partial charge in [0.2, 0.25) is 0 Å². The van der Waals surface area contributed by atoms with E-state index in [-0.39, 0.29) is 11.8 Å². The molecule has 0 saturated carbocycles. The minimum absolute atomic E-state index is 0.126. The molecule has 0 unspecified atom stereocenters. The Balaban J connectivity index is 1.68. The average Bonchev–Trinajstić information content (AvgIpc) is 3.21. The van der Waals surface area contributed by atoms with Crippen LogP contribution in [0.3, 0.4) is 0 Å². The van der Waals surface area contributed by atoms with E-state index in [2.05, 4.69) is 0 Å². The summed E-state index contributed by atoms with van der Waals surface area (Å²) in [6.45, 7) is 2.10. The molecule has 142 valence electrons. The second-order valence-electron chi connectivity index (χ2n) is 5.93. The number of allylic oxidation sites excluding steroid dienone is 1. The first-order valence-electron chi connectivity index (χ1n) is 8.84. The predicted molar refractivity (Wildman–Crippen MR) is 106 cm³/mol. The van der Waals surface area contributed by atoms with Gasteiger partial charge in [-0.3, -0.25) is 4.79 Å². The van der Waals surface area contributed by atoms with E-state index in [0.717, 1.165) is 5.56 Å². The first-order chi connectivity index (χ1) is 13.6. The number of hydrogen-bond acceptors (Lipinski definition) is 5. The van der Waals surface area contributed by atoms with Crippen LogP contribution in [0.15, 0.2) is 71.2 Å². The molecular formula is C23H20O5. The molecule has 0 aliphatic carbocycles. The number of esters is 1. The van der Waals surface area contributed by atoms with E-state index < -0.39 is 0 Å². The molecular weight excluding hydrogens is 356 g/mol. The summed E-state index contributed by atoms with van der Waals surface area (Å²) >= 11 is 0. The molecule has 1 heterocycles. The second kappa shape index (κ2) is 8.86. The molecule has 0 spiro atoms. The number of benzene rings is 2. The molecule has 0 aliphatic heterocycles. The fourth-order valence-electron chi connectivity index (χ4n) is 2.59. The van der Waals surface area contributed by atoms with Crippen LogP contribution in [0.25, 0.3) is 17.4 Å². The van der Waals surface area contributed by atoms with Crippen LogP contribution in [0.2, 0.25) is 0 Å². The maximum atomic E-state index is 12.2. The highest BCUT2D eigenvalue weighted by atomic mass is 16.5. The quantitative estimate of drug-likeness (QED) is 0.329. The van der Waals surface area contributed by atoms with Gasteiger partial charge in [0.15, 0.2) is 5.78 Å². The molecule has 0 bridgehead atoms. The lowest BCUT2D eigenvalue weighted by Crippen LogP contribution is -2.03. The zero-order chi connectivity index (χ0) is 19.9. The van der Waals surface area contributed by atoms with E-state index in [4.69, 9.17) is 13.9 Å². The van der Waals surface area contributed by atoms with Crippen molar-refractivity contribution in [2.75, 3.05) is 13.7 Å². The second-order valence-corrected chi connectivity index (χ2v) is 5.93. The summed E-state index contributed by atoms with van der Waals surface area (Å²) in [5.41, 5.74) is 1.88. The predicted octanol–water partition coefficient (Wildman–Crippen LogP) is 5.03. The lowest BCUT2D eigenvalue weighted by atomic mass is 10.1. The maximum Gasteiger partial charge on any atom is 0.338 e. The molecule has 5 heteroatoms. The third-order valence-electron chi connectivity index (χ3n) is 4.08. The molecule has 0 amide bonds. The van der Waals surface area contributed by atoms with Crippen LogP contribution >= 0.6 is 0 Å². The van der Waals surface area contributed by atoms with Crippen molar-refractivity contribution in [2.24, 2.45) is 0 Å². The Bertz CT molecular complexity index is 979. The largest absolute Gasteiger partial charge is 0.497 e. The van der Waals surface area contributed by atoms with E-state index in [0.29, 0.717) is 35.0 Å². The van der Waals surface area contributed by atoms with E-state index in [1.165, 1.54) is 6.08 Å². The fourth-order valence-corrected chi connectivity index (χ4v) is 2.59. The smallest absolute Gasteiger partial charge is 0.338 e. The minimum atomic E-state index is -0.353. The number of furan rings is 1. The van der Waals surface area contributed by atoms with Gasteiger partial charge in [0, 0.05) is 11.1 Å². The van der Waals surface area contributed by atoms with Crippen LogP contribution < -0.4 is 4.74 Å². The lowest BCUT2D eigenvalue weighted by molar-refractivity contribution is 0.0526. The molecule has 0 atom stereocenters. The average molecular weight is 376 g/mol. The van der Waals surface area contributed by atoms with E-state index in [1.807, 2.05) is 6.07 Å². The molecule has 0 radical (unpaired) electrons. The van der Waals surface area contributed by atoms with E-state index in [9.17, 15) is 9.59 Å². The Morgan fingerprint density at radius 1 is 0.929 bits per heavy atom. The van der Waals surface area contributed by atoms with E-state index in [1.54, 1.807) is 74.7 Å². The first kappa shape index (κ1) is 19.2. The zero-order valence-electron chi connectivity index (χ0n) is 15.7. The van der Waals surface area contributed by atoms with Crippen molar-refractivity contribution in [3.63, 3.8) is 0 Å². The highest BCUT2D eigenvalue weighted by Crippen LogP contribution is 2.23. The van der Waals surface area contributed by atoms with Crippen LogP contribution in [-0.2, 0) is 4.74 Å². The van der Waals surface area contributed by atoms with Gasteiger partial charge in [-0.15, -0.1) is 0 Å². The number of ketones is 1. The molecule has 2 aromatic carbocycles. The monoisotopic (exact) mass is 376 g/mol. The van der Waals surface area contributed by atoms with Crippen molar-refractivity contribution in [2.45, 2.75) is 6.92 Å². The number of methoxy groups -OCH3 is 1. The molecule has 1 aromatic heterocycles. The third-order valence-corrected chi connectivity index (χ3v) is 4.08. The Labute approximate surface area is 163 Å². The van der Waals surface area contributed by atoms with E-state index >= 15 is 0 Å². The highest BCUT2D eigenvalue weighted by Gasteiger charge is 2.08.